The van der Waals surface area contributed by atoms with E-state index in [1.54, 1.807) is 16.2 Å². The fourth-order valence-corrected chi connectivity index (χ4v) is 4.59. The molecule has 0 N–H and O–H groups in total. The van der Waals surface area contributed by atoms with Gasteiger partial charge in [0.05, 0.1) is 10.2 Å². The van der Waals surface area contributed by atoms with E-state index in [1.165, 1.54) is 4.88 Å². The Kier molecular flexibility index (Phi) is 5.25. The van der Waals surface area contributed by atoms with Crippen LogP contribution in [0.5, 0.6) is 0 Å². The predicted molar refractivity (Wildman–Crippen MR) is 117 cm³/mol. The van der Waals surface area contributed by atoms with E-state index in [1.807, 2.05) is 67.7 Å². The number of benzene rings is 2. The van der Waals surface area contributed by atoms with Crippen molar-refractivity contribution in [3.05, 3.63) is 93.5 Å². The molecule has 3 nitrogen and oxygen atoms in total. The Morgan fingerprint density at radius 3 is 2.54 bits per heavy atom. The fraction of sp³-hybridized carbons (Fsp3) is 0.174. The molecule has 0 aliphatic heterocycles. The number of thiophene rings is 1. The first-order valence-corrected chi connectivity index (χ1v) is 10.3. The van der Waals surface area contributed by atoms with E-state index in [9.17, 15) is 4.79 Å². The second-order valence-corrected chi connectivity index (χ2v) is 8.66. The van der Waals surface area contributed by atoms with Crippen LogP contribution in [0.15, 0.2) is 66.7 Å². The summed E-state index contributed by atoms with van der Waals surface area (Å²) >= 11 is 8.10. The van der Waals surface area contributed by atoms with Crippen LogP contribution in [0.3, 0.4) is 0 Å². The minimum atomic E-state index is 0.0111. The first-order chi connectivity index (χ1) is 13.5. The number of aryl methyl sites for hydroxylation is 1. The smallest absolute Gasteiger partial charge is 0.270 e. The number of hydrogen-bond donors (Lipinski definition) is 0. The van der Waals surface area contributed by atoms with Crippen molar-refractivity contribution in [1.82, 2.24) is 9.47 Å². The van der Waals surface area contributed by atoms with Crippen LogP contribution in [0.1, 0.15) is 26.5 Å². The van der Waals surface area contributed by atoms with Crippen molar-refractivity contribution in [3.63, 3.8) is 0 Å². The van der Waals surface area contributed by atoms with Gasteiger partial charge in [-0.15, -0.1) is 11.3 Å². The first-order valence-electron chi connectivity index (χ1n) is 9.15. The quantitative estimate of drug-likeness (QED) is 0.398. The van der Waals surface area contributed by atoms with E-state index in [4.69, 9.17) is 11.6 Å². The van der Waals surface area contributed by atoms with Crippen LogP contribution < -0.4 is 0 Å². The molecule has 0 radical (unpaired) electrons. The van der Waals surface area contributed by atoms with Crippen LogP contribution in [0, 0.1) is 6.92 Å². The maximum atomic E-state index is 13.3. The lowest BCUT2D eigenvalue weighted by molar-refractivity contribution is 0.0775. The number of fused-ring (bicyclic) bond motifs is 1. The Hall–Kier alpha value is -2.56. The summed E-state index contributed by atoms with van der Waals surface area (Å²) in [5.41, 5.74) is 3.89. The van der Waals surface area contributed by atoms with Gasteiger partial charge in [-0.2, -0.15) is 0 Å². The highest BCUT2D eigenvalue weighted by Gasteiger charge is 2.21. The van der Waals surface area contributed by atoms with E-state index in [0.29, 0.717) is 23.8 Å². The SMILES string of the molecule is Cc1cc2c(cc(C(=O)N(C)Cc3ccccc3)n2Cc2ccccc2Cl)s1. The zero-order valence-electron chi connectivity index (χ0n) is 15.9. The average molecular weight is 409 g/mol. The molecule has 0 aliphatic rings. The highest BCUT2D eigenvalue weighted by molar-refractivity contribution is 7.19. The van der Waals surface area contributed by atoms with E-state index in [2.05, 4.69) is 17.6 Å². The van der Waals surface area contributed by atoms with Gasteiger partial charge in [0.1, 0.15) is 5.69 Å². The lowest BCUT2D eigenvalue weighted by atomic mass is 10.2. The van der Waals surface area contributed by atoms with Crippen molar-refractivity contribution in [2.24, 2.45) is 0 Å². The summed E-state index contributed by atoms with van der Waals surface area (Å²) in [6, 6.07) is 22.0. The second kappa shape index (κ2) is 7.82. The molecule has 0 fully saturated rings. The Morgan fingerprint density at radius 1 is 1.07 bits per heavy atom. The van der Waals surface area contributed by atoms with E-state index in [-0.39, 0.29) is 5.91 Å². The van der Waals surface area contributed by atoms with Crippen LogP contribution in [0.4, 0.5) is 0 Å². The normalized spacial score (nSPS) is 11.1. The number of hydrogen-bond acceptors (Lipinski definition) is 2. The summed E-state index contributed by atoms with van der Waals surface area (Å²) in [5.74, 6) is 0.0111. The molecule has 28 heavy (non-hydrogen) atoms. The van der Waals surface area contributed by atoms with Gasteiger partial charge in [0.25, 0.3) is 5.91 Å². The van der Waals surface area contributed by atoms with Gasteiger partial charge in [0, 0.05) is 30.0 Å². The number of carbonyl (C=O) groups excluding carboxylic acids is 1. The van der Waals surface area contributed by atoms with Gasteiger partial charge in [0.15, 0.2) is 0 Å². The third kappa shape index (κ3) is 3.71. The maximum absolute atomic E-state index is 13.3. The lowest BCUT2D eigenvalue weighted by Gasteiger charge is -2.19. The number of amides is 1. The van der Waals surface area contributed by atoms with Crippen LogP contribution in [-0.4, -0.2) is 22.4 Å². The lowest BCUT2D eigenvalue weighted by Crippen LogP contribution is -2.28. The fourth-order valence-electron chi connectivity index (χ4n) is 3.43. The molecule has 0 saturated carbocycles. The van der Waals surface area contributed by atoms with E-state index < -0.39 is 0 Å². The van der Waals surface area contributed by atoms with Crippen LogP contribution in [-0.2, 0) is 13.1 Å². The molecular formula is C23H21ClN2OS. The Morgan fingerprint density at radius 2 is 1.79 bits per heavy atom. The molecular weight excluding hydrogens is 388 g/mol. The monoisotopic (exact) mass is 408 g/mol. The topological polar surface area (TPSA) is 25.2 Å². The zero-order chi connectivity index (χ0) is 19.7. The minimum absolute atomic E-state index is 0.0111. The molecule has 2 aromatic carbocycles. The summed E-state index contributed by atoms with van der Waals surface area (Å²) in [5, 5.41) is 0.715. The number of aromatic nitrogens is 1. The molecule has 0 spiro atoms. The van der Waals surface area contributed by atoms with E-state index >= 15 is 0 Å². The van der Waals surface area contributed by atoms with Gasteiger partial charge in [-0.05, 0) is 36.2 Å². The number of rotatable bonds is 5. The summed E-state index contributed by atoms with van der Waals surface area (Å²) in [6.07, 6.45) is 0. The van der Waals surface area contributed by atoms with Crippen molar-refractivity contribution >= 4 is 39.1 Å². The standard InChI is InChI=1S/C23H21ClN2OS/c1-16-12-20-22(28-16)13-21(26(20)15-18-10-6-7-11-19(18)24)23(27)25(2)14-17-8-4-3-5-9-17/h3-13H,14-15H2,1-2H3. The first kappa shape index (κ1) is 18.8. The predicted octanol–water partition coefficient (Wildman–Crippen LogP) is 5.99. The molecule has 142 valence electrons. The van der Waals surface area contributed by atoms with Gasteiger partial charge in [-0.1, -0.05) is 60.1 Å². The third-order valence-electron chi connectivity index (χ3n) is 4.83. The number of halogens is 1. The molecule has 1 amide bonds. The second-order valence-electron chi connectivity index (χ2n) is 6.96. The highest BCUT2D eigenvalue weighted by atomic mass is 35.5. The summed E-state index contributed by atoms with van der Waals surface area (Å²) in [7, 11) is 1.85. The van der Waals surface area contributed by atoms with Gasteiger partial charge in [-0.25, -0.2) is 0 Å². The van der Waals surface area contributed by atoms with Crippen molar-refractivity contribution in [3.8, 4) is 0 Å². The molecule has 2 heterocycles. The third-order valence-corrected chi connectivity index (χ3v) is 6.18. The van der Waals surface area contributed by atoms with Crippen molar-refractivity contribution in [1.29, 1.82) is 0 Å². The van der Waals surface area contributed by atoms with Crippen molar-refractivity contribution in [2.45, 2.75) is 20.0 Å². The molecule has 2 aromatic heterocycles. The van der Waals surface area contributed by atoms with Crippen LogP contribution in [0.25, 0.3) is 10.2 Å². The Labute approximate surface area is 173 Å². The molecule has 5 heteroatoms. The summed E-state index contributed by atoms with van der Waals surface area (Å²) in [6.45, 7) is 3.23. The van der Waals surface area contributed by atoms with Crippen LogP contribution in [0.2, 0.25) is 5.02 Å². The molecule has 0 atom stereocenters. The number of nitrogens with zero attached hydrogens (tertiary/aromatic N) is 2. The average Bonchev–Trinajstić information content (AvgIpc) is 3.20. The maximum Gasteiger partial charge on any atom is 0.270 e. The molecule has 4 rings (SSSR count). The van der Waals surface area contributed by atoms with Gasteiger partial charge in [-0.3, -0.25) is 4.79 Å². The van der Waals surface area contributed by atoms with Crippen molar-refractivity contribution in [2.75, 3.05) is 7.05 Å². The van der Waals surface area contributed by atoms with Gasteiger partial charge in [0.2, 0.25) is 0 Å². The molecule has 0 bridgehead atoms. The summed E-state index contributed by atoms with van der Waals surface area (Å²) in [4.78, 5) is 16.3. The Balaban J connectivity index is 1.71. The van der Waals surface area contributed by atoms with Gasteiger partial charge >= 0.3 is 0 Å². The molecule has 0 unspecified atom stereocenters. The van der Waals surface area contributed by atoms with E-state index in [0.717, 1.165) is 21.3 Å². The minimum Gasteiger partial charge on any atom is -0.336 e. The van der Waals surface area contributed by atoms with Crippen molar-refractivity contribution < 1.29 is 4.79 Å². The number of carbonyl (C=O) groups is 1. The van der Waals surface area contributed by atoms with Crippen LogP contribution >= 0.6 is 22.9 Å². The molecule has 4 aromatic rings. The Bertz CT molecular complexity index is 1130. The zero-order valence-corrected chi connectivity index (χ0v) is 17.4. The van der Waals surface area contributed by atoms with Gasteiger partial charge < -0.3 is 9.47 Å². The summed E-state index contributed by atoms with van der Waals surface area (Å²) < 4.78 is 3.21. The molecule has 0 aliphatic carbocycles. The molecule has 0 saturated heterocycles. The largest absolute Gasteiger partial charge is 0.336 e. The highest BCUT2D eigenvalue weighted by Crippen LogP contribution is 2.31.